The SMILES string of the molecule is Cn1cc(C/C=C/CCBr)nn1. The van der Waals surface area contributed by atoms with Crippen molar-refractivity contribution < 1.29 is 0 Å². The molecule has 4 heteroatoms. The van der Waals surface area contributed by atoms with Crippen molar-refractivity contribution in [2.45, 2.75) is 12.8 Å². The van der Waals surface area contributed by atoms with E-state index in [-0.39, 0.29) is 0 Å². The molecule has 1 aromatic heterocycles. The summed E-state index contributed by atoms with van der Waals surface area (Å²) in [5, 5.41) is 8.82. The van der Waals surface area contributed by atoms with Crippen LogP contribution in [-0.4, -0.2) is 20.3 Å². The van der Waals surface area contributed by atoms with E-state index in [4.69, 9.17) is 0 Å². The summed E-state index contributed by atoms with van der Waals surface area (Å²) < 4.78 is 1.72. The van der Waals surface area contributed by atoms with Crippen molar-refractivity contribution in [1.82, 2.24) is 15.0 Å². The molecule has 0 fully saturated rings. The standard InChI is InChI=1S/C8H12BrN3/c1-12-7-8(10-11-12)5-3-2-4-6-9/h2-3,7H,4-6H2,1H3/b3-2+. The number of rotatable bonds is 4. The van der Waals surface area contributed by atoms with Gasteiger partial charge in [0.05, 0.1) is 5.69 Å². The van der Waals surface area contributed by atoms with Crippen molar-refractivity contribution in [3.63, 3.8) is 0 Å². The average molecular weight is 230 g/mol. The second kappa shape index (κ2) is 5.09. The molecule has 0 aliphatic heterocycles. The molecule has 0 aliphatic carbocycles. The van der Waals surface area contributed by atoms with Crippen LogP contribution in [0.4, 0.5) is 0 Å². The van der Waals surface area contributed by atoms with Gasteiger partial charge in [-0.1, -0.05) is 33.3 Å². The Morgan fingerprint density at radius 2 is 2.42 bits per heavy atom. The molecule has 1 heterocycles. The highest BCUT2D eigenvalue weighted by Gasteiger charge is 1.92. The fourth-order valence-electron chi connectivity index (χ4n) is 0.874. The summed E-state index contributed by atoms with van der Waals surface area (Å²) in [6.07, 6.45) is 8.13. The second-order valence-corrected chi connectivity index (χ2v) is 3.33. The first-order valence-corrected chi connectivity index (χ1v) is 5.01. The van der Waals surface area contributed by atoms with Gasteiger partial charge in [-0.05, 0) is 6.42 Å². The molecule has 0 bridgehead atoms. The van der Waals surface area contributed by atoms with Crippen LogP contribution in [0, 0.1) is 0 Å². The van der Waals surface area contributed by atoms with Gasteiger partial charge in [-0.25, -0.2) is 0 Å². The van der Waals surface area contributed by atoms with Gasteiger partial charge in [0.2, 0.25) is 0 Å². The van der Waals surface area contributed by atoms with E-state index < -0.39 is 0 Å². The molecule has 0 saturated heterocycles. The summed E-state index contributed by atoms with van der Waals surface area (Å²) in [5.74, 6) is 0. The number of allylic oxidation sites excluding steroid dienone is 2. The molecule has 0 radical (unpaired) electrons. The monoisotopic (exact) mass is 229 g/mol. The van der Waals surface area contributed by atoms with Gasteiger partial charge >= 0.3 is 0 Å². The van der Waals surface area contributed by atoms with Crippen LogP contribution in [0.1, 0.15) is 12.1 Å². The Balaban J connectivity index is 2.33. The molecular weight excluding hydrogens is 218 g/mol. The third kappa shape index (κ3) is 3.17. The molecule has 12 heavy (non-hydrogen) atoms. The molecule has 1 rings (SSSR count). The minimum atomic E-state index is 0.876. The lowest BCUT2D eigenvalue weighted by Gasteiger charge is -1.85. The third-order valence-electron chi connectivity index (χ3n) is 1.42. The number of hydrogen-bond donors (Lipinski definition) is 0. The van der Waals surface area contributed by atoms with Crippen LogP contribution >= 0.6 is 15.9 Å². The van der Waals surface area contributed by atoms with E-state index in [2.05, 4.69) is 38.4 Å². The van der Waals surface area contributed by atoms with Crippen molar-refractivity contribution in [3.05, 3.63) is 24.0 Å². The van der Waals surface area contributed by atoms with Gasteiger partial charge in [0, 0.05) is 25.0 Å². The minimum Gasteiger partial charge on any atom is -0.255 e. The Bertz CT molecular complexity index is 255. The van der Waals surface area contributed by atoms with Crippen LogP contribution in [0.2, 0.25) is 0 Å². The van der Waals surface area contributed by atoms with E-state index >= 15 is 0 Å². The molecule has 1 aromatic rings. The number of alkyl halides is 1. The van der Waals surface area contributed by atoms with E-state index in [0.717, 1.165) is 23.9 Å². The summed E-state index contributed by atoms with van der Waals surface area (Å²) in [6, 6.07) is 0. The van der Waals surface area contributed by atoms with Crippen molar-refractivity contribution >= 4 is 15.9 Å². The maximum Gasteiger partial charge on any atom is 0.0864 e. The van der Waals surface area contributed by atoms with E-state index in [0.29, 0.717) is 0 Å². The largest absolute Gasteiger partial charge is 0.255 e. The first-order valence-electron chi connectivity index (χ1n) is 3.89. The zero-order valence-electron chi connectivity index (χ0n) is 7.07. The van der Waals surface area contributed by atoms with Crippen molar-refractivity contribution in [2.24, 2.45) is 7.05 Å². The second-order valence-electron chi connectivity index (χ2n) is 2.54. The predicted molar refractivity (Wildman–Crippen MR) is 52.3 cm³/mol. The molecule has 3 nitrogen and oxygen atoms in total. The topological polar surface area (TPSA) is 30.7 Å². The molecule has 0 atom stereocenters. The van der Waals surface area contributed by atoms with E-state index in [9.17, 15) is 0 Å². The average Bonchev–Trinajstić information content (AvgIpc) is 2.45. The van der Waals surface area contributed by atoms with E-state index in [1.807, 2.05) is 13.2 Å². The highest BCUT2D eigenvalue weighted by atomic mass is 79.9. The lowest BCUT2D eigenvalue weighted by Crippen LogP contribution is -1.85. The van der Waals surface area contributed by atoms with Gasteiger partial charge in [0.25, 0.3) is 0 Å². The smallest absolute Gasteiger partial charge is 0.0864 e. The summed E-state index contributed by atoms with van der Waals surface area (Å²) in [4.78, 5) is 0. The van der Waals surface area contributed by atoms with Gasteiger partial charge in [-0.2, -0.15) is 0 Å². The zero-order chi connectivity index (χ0) is 8.81. The molecule has 0 unspecified atom stereocenters. The normalized spacial score (nSPS) is 11.2. The molecule has 0 saturated carbocycles. The number of aromatic nitrogens is 3. The van der Waals surface area contributed by atoms with Gasteiger partial charge in [0.15, 0.2) is 0 Å². The Morgan fingerprint density at radius 1 is 1.58 bits per heavy atom. The van der Waals surface area contributed by atoms with Crippen molar-refractivity contribution in [1.29, 1.82) is 0 Å². The number of aryl methyl sites for hydroxylation is 1. The molecule has 0 N–H and O–H groups in total. The lowest BCUT2D eigenvalue weighted by molar-refractivity contribution is 0.713. The maximum atomic E-state index is 3.96. The number of halogens is 1. The van der Waals surface area contributed by atoms with Crippen LogP contribution in [0.5, 0.6) is 0 Å². The summed E-state index contributed by atoms with van der Waals surface area (Å²) in [5.41, 5.74) is 1.02. The number of hydrogen-bond acceptors (Lipinski definition) is 2. The van der Waals surface area contributed by atoms with Gasteiger partial charge < -0.3 is 0 Å². The quantitative estimate of drug-likeness (QED) is 0.582. The molecular formula is C8H12BrN3. The van der Waals surface area contributed by atoms with E-state index in [1.54, 1.807) is 4.68 Å². The Kier molecular flexibility index (Phi) is 4.00. The van der Waals surface area contributed by atoms with Gasteiger partial charge in [-0.15, -0.1) is 5.10 Å². The first kappa shape index (κ1) is 9.45. The Hall–Kier alpha value is -0.640. The van der Waals surface area contributed by atoms with Crippen molar-refractivity contribution in [3.8, 4) is 0 Å². The molecule has 0 aliphatic rings. The molecule has 66 valence electrons. The Labute approximate surface area is 80.6 Å². The lowest BCUT2D eigenvalue weighted by atomic mass is 10.3. The third-order valence-corrected chi connectivity index (χ3v) is 1.88. The zero-order valence-corrected chi connectivity index (χ0v) is 8.66. The summed E-state index contributed by atoms with van der Waals surface area (Å²) >= 11 is 3.36. The van der Waals surface area contributed by atoms with Crippen LogP contribution in [0.25, 0.3) is 0 Å². The van der Waals surface area contributed by atoms with Crippen LogP contribution < -0.4 is 0 Å². The molecule has 0 amide bonds. The van der Waals surface area contributed by atoms with Crippen LogP contribution in [0.15, 0.2) is 18.3 Å². The minimum absolute atomic E-state index is 0.876. The van der Waals surface area contributed by atoms with Crippen molar-refractivity contribution in [2.75, 3.05) is 5.33 Å². The molecule has 0 spiro atoms. The van der Waals surface area contributed by atoms with Gasteiger partial charge in [0.1, 0.15) is 0 Å². The highest BCUT2D eigenvalue weighted by molar-refractivity contribution is 9.09. The van der Waals surface area contributed by atoms with Crippen LogP contribution in [-0.2, 0) is 13.5 Å². The highest BCUT2D eigenvalue weighted by Crippen LogP contribution is 1.96. The van der Waals surface area contributed by atoms with Crippen LogP contribution in [0.3, 0.4) is 0 Å². The first-order chi connectivity index (χ1) is 5.83. The summed E-state index contributed by atoms with van der Waals surface area (Å²) in [7, 11) is 1.87. The van der Waals surface area contributed by atoms with Gasteiger partial charge in [-0.3, -0.25) is 4.68 Å². The number of nitrogens with zero attached hydrogens (tertiary/aromatic N) is 3. The Morgan fingerprint density at radius 3 is 3.00 bits per heavy atom. The maximum absolute atomic E-state index is 3.96. The molecule has 0 aromatic carbocycles. The van der Waals surface area contributed by atoms with E-state index in [1.165, 1.54) is 0 Å². The fraction of sp³-hybridized carbons (Fsp3) is 0.500. The fourth-order valence-corrected chi connectivity index (χ4v) is 1.14. The summed E-state index contributed by atoms with van der Waals surface area (Å²) in [6.45, 7) is 0. The predicted octanol–water partition coefficient (Wildman–Crippen LogP) is 1.70.